The van der Waals surface area contributed by atoms with E-state index in [9.17, 15) is 9.59 Å². The highest BCUT2D eigenvalue weighted by Crippen LogP contribution is 2.32. The Morgan fingerprint density at radius 2 is 1.39 bits per heavy atom. The Hall–Kier alpha value is -2.24. The molecule has 2 rings (SSSR count). The lowest BCUT2D eigenvalue weighted by Crippen LogP contribution is -2.06. The van der Waals surface area contributed by atoms with Crippen LogP contribution < -0.4 is 9.47 Å². The smallest absolute Gasteiger partial charge is 0.338 e. The molecule has 0 saturated carbocycles. The highest BCUT2D eigenvalue weighted by molar-refractivity contribution is 5.90. The first kappa shape index (κ1) is 22.1. The third-order valence-electron chi connectivity index (χ3n) is 4.68. The van der Waals surface area contributed by atoms with Gasteiger partial charge in [-0.05, 0) is 31.0 Å². The number of fused-ring (bicyclic) bond motifs is 1. The van der Waals surface area contributed by atoms with Crippen molar-refractivity contribution in [3.8, 4) is 11.5 Å². The van der Waals surface area contributed by atoms with Crippen LogP contribution in [0.2, 0.25) is 0 Å². The quantitative estimate of drug-likeness (QED) is 0.326. The fraction of sp³-hybridized carbons (Fsp3) is 0.636. The van der Waals surface area contributed by atoms with E-state index in [2.05, 4.69) is 0 Å². The standard InChI is InChI=1S/C22H32O6/c1-2-21(23)25-14-10-8-6-4-3-5-7-9-11-15-26-22(24)18-12-13-19-20(16-18)28-17-27-19/h12-13,16H,2-11,14-15,17H2,1H3. The van der Waals surface area contributed by atoms with Gasteiger partial charge >= 0.3 is 11.9 Å². The van der Waals surface area contributed by atoms with Gasteiger partial charge in [-0.25, -0.2) is 4.79 Å². The number of esters is 2. The summed E-state index contributed by atoms with van der Waals surface area (Å²) in [5.74, 6) is 0.831. The van der Waals surface area contributed by atoms with Crippen LogP contribution in [-0.2, 0) is 14.3 Å². The maximum atomic E-state index is 12.0. The van der Waals surface area contributed by atoms with Crippen LogP contribution >= 0.6 is 0 Å². The minimum Gasteiger partial charge on any atom is -0.466 e. The average Bonchev–Trinajstić information content (AvgIpc) is 3.18. The van der Waals surface area contributed by atoms with Crippen molar-refractivity contribution in [3.05, 3.63) is 23.8 Å². The molecule has 1 aliphatic heterocycles. The first-order chi connectivity index (χ1) is 13.7. The molecule has 0 N–H and O–H groups in total. The van der Waals surface area contributed by atoms with Crippen LogP contribution in [0.3, 0.4) is 0 Å². The summed E-state index contributed by atoms with van der Waals surface area (Å²) in [7, 11) is 0. The van der Waals surface area contributed by atoms with Gasteiger partial charge in [-0.1, -0.05) is 51.9 Å². The molecule has 0 atom stereocenters. The van der Waals surface area contributed by atoms with Crippen LogP contribution in [0, 0.1) is 0 Å². The minimum atomic E-state index is -0.317. The number of unbranched alkanes of at least 4 members (excludes halogenated alkanes) is 8. The SMILES string of the molecule is CCC(=O)OCCCCCCCCCCCOC(=O)c1ccc2c(c1)OCO2. The van der Waals surface area contributed by atoms with Gasteiger partial charge in [-0.3, -0.25) is 4.79 Å². The Balaban J connectivity index is 1.39. The molecule has 156 valence electrons. The first-order valence-corrected chi connectivity index (χ1v) is 10.4. The van der Waals surface area contributed by atoms with Gasteiger partial charge in [0.1, 0.15) is 0 Å². The van der Waals surface area contributed by atoms with Crippen molar-refractivity contribution in [3.63, 3.8) is 0 Å². The second-order valence-electron chi connectivity index (χ2n) is 6.96. The molecule has 0 unspecified atom stereocenters. The predicted molar refractivity (Wildman–Crippen MR) is 106 cm³/mol. The Kier molecular flexibility index (Phi) is 10.3. The van der Waals surface area contributed by atoms with E-state index in [0.29, 0.717) is 36.7 Å². The maximum Gasteiger partial charge on any atom is 0.338 e. The Bertz CT molecular complexity index is 613. The van der Waals surface area contributed by atoms with Crippen LogP contribution in [0.4, 0.5) is 0 Å². The summed E-state index contributed by atoms with van der Waals surface area (Å²) in [5.41, 5.74) is 0.494. The minimum absolute atomic E-state index is 0.110. The van der Waals surface area contributed by atoms with Crippen molar-refractivity contribution >= 4 is 11.9 Å². The number of carbonyl (C=O) groups excluding carboxylic acids is 2. The lowest BCUT2D eigenvalue weighted by Gasteiger charge is -2.06. The van der Waals surface area contributed by atoms with E-state index in [-0.39, 0.29) is 18.7 Å². The number of hydrogen-bond donors (Lipinski definition) is 0. The molecule has 0 amide bonds. The fourth-order valence-corrected chi connectivity index (χ4v) is 3.00. The molecule has 1 aromatic rings. The largest absolute Gasteiger partial charge is 0.466 e. The van der Waals surface area contributed by atoms with Crippen molar-refractivity contribution in [2.24, 2.45) is 0 Å². The van der Waals surface area contributed by atoms with Gasteiger partial charge in [0, 0.05) is 6.42 Å². The summed E-state index contributed by atoms with van der Waals surface area (Å²) >= 11 is 0. The fourth-order valence-electron chi connectivity index (χ4n) is 3.00. The zero-order chi connectivity index (χ0) is 20.0. The van der Waals surface area contributed by atoms with E-state index < -0.39 is 0 Å². The zero-order valence-electron chi connectivity index (χ0n) is 16.9. The van der Waals surface area contributed by atoms with E-state index in [1.807, 2.05) is 6.92 Å². The number of benzene rings is 1. The summed E-state index contributed by atoms with van der Waals surface area (Å²) < 4.78 is 20.9. The number of hydrogen-bond acceptors (Lipinski definition) is 6. The van der Waals surface area contributed by atoms with Crippen LogP contribution in [-0.4, -0.2) is 31.9 Å². The van der Waals surface area contributed by atoms with Gasteiger partial charge in [0.25, 0.3) is 0 Å². The second kappa shape index (κ2) is 13.0. The van der Waals surface area contributed by atoms with E-state index >= 15 is 0 Å². The number of rotatable bonds is 14. The molecule has 0 spiro atoms. The molecule has 1 aromatic carbocycles. The highest BCUT2D eigenvalue weighted by Gasteiger charge is 2.16. The van der Waals surface area contributed by atoms with E-state index in [0.717, 1.165) is 32.1 Å². The van der Waals surface area contributed by atoms with Gasteiger partial charge < -0.3 is 18.9 Å². The van der Waals surface area contributed by atoms with Crippen LogP contribution in [0.5, 0.6) is 11.5 Å². The lowest BCUT2D eigenvalue weighted by atomic mass is 10.1. The predicted octanol–water partition coefficient (Wildman–Crippen LogP) is 5.04. The lowest BCUT2D eigenvalue weighted by molar-refractivity contribution is -0.143. The normalized spacial score (nSPS) is 12.0. The van der Waals surface area contributed by atoms with Gasteiger partial charge in [0.2, 0.25) is 6.79 Å². The van der Waals surface area contributed by atoms with Crippen LogP contribution in [0.15, 0.2) is 18.2 Å². The average molecular weight is 392 g/mol. The molecule has 1 aliphatic rings. The second-order valence-corrected chi connectivity index (χ2v) is 6.96. The van der Waals surface area contributed by atoms with Gasteiger partial charge in [-0.2, -0.15) is 0 Å². The van der Waals surface area contributed by atoms with Crippen molar-refractivity contribution in [2.75, 3.05) is 20.0 Å². The molecule has 0 saturated heterocycles. The summed E-state index contributed by atoms with van der Waals surface area (Å²) in [6, 6.07) is 5.10. The molecule has 0 aliphatic carbocycles. The van der Waals surface area contributed by atoms with E-state index in [4.69, 9.17) is 18.9 Å². The van der Waals surface area contributed by atoms with Gasteiger partial charge in [0.15, 0.2) is 11.5 Å². The summed E-state index contributed by atoms with van der Waals surface area (Å²) in [6.45, 7) is 3.01. The Morgan fingerprint density at radius 1 is 0.821 bits per heavy atom. The third-order valence-corrected chi connectivity index (χ3v) is 4.68. The van der Waals surface area contributed by atoms with Crippen molar-refractivity contribution in [2.45, 2.75) is 71.1 Å². The monoisotopic (exact) mass is 392 g/mol. The molecule has 1 heterocycles. The summed E-state index contributed by atoms with van der Waals surface area (Å²) in [6.07, 6.45) is 10.5. The molecule has 6 heteroatoms. The van der Waals surface area contributed by atoms with E-state index in [1.165, 1.54) is 25.7 Å². The third kappa shape index (κ3) is 8.19. The Morgan fingerprint density at radius 3 is 2.04 bits per heavy atom. The molecular formula is C22H32O6. The molecule has 0 aromatic heterocycles. The topological polar surface area (TPSA) is 71.1 Å². The number of carbonyl (C=O) groups is 2. The van der Waals surface area contributed by atoms with Gasteiger partial charge in [-0.15, -0.1) is 0 Å². The molecule has 0 radical (unpaired) electrons. The van der Waals surface area contributed by atoms with E-state index in [1.54, 1.807) is 18.2 Å². The highest BCUT2D eigenvalue weighted by atomic mass is 16.7. The van der Waals surface area contributed by atoms with Crippen molar-refractivity contribution in [1.29, 1.82) is 0 Å². The molecule has 0 fully saturated rings. The molecule has 6 nitrogen and oxygen atoms in total. The zero-order valence-corrected chi connectivity index (χ0v) is 16.9. The summed E-state index contributed by atoms with van der Waals surface area (Å²) in [4.78, 5) is 23.0. The van der Waals surface area contributed by atoms with Crippen molar-refractivity contribution in [1.82, 2.24) is 0 Å². The maximum absolute atomic E-state index is 12.0. The summed E-state index contributed by atoms with van der Waals surface area (Å²) in [5, 5.41) is 0. The van der Waals surface area contributed by atoms with Crippen molar-refractivity contribution < 1.29 is 28.5 Å². The first-order valence-electron chi connectivity index (χ1n) is 10.4. The molecule has 28 heavy (non-hydrogen) atoms. The van der Waals surface area contributed by atoms with Crippen LogP contribution in [0.25, 0.3) is 0 Å². The molecular weight excluding hydrogens is 360 g/mol. The molecule has 0 bridgehead atoms. The Labute approximate surface area is 167 Å². The van der Waals surface area contributed by atoms with Crippen LogP contribution in [0.1, 0.15) is 81.5 Å². The number of ether oxygens (including phenoxy) is 4. The van der Waals surface area contributed by atoms with Gasteiger partial charge in [0.05, 0.1) is 18.8 Å².